The third-order valence-corrected chi connectivity index (χ3v) is 5.33. The number of nitrogens with zero attached hydrogens (tertiary/aromatic N) is 2. The van der Waals surface area contributed by atoms with Crippen molar-refractivity contribution in [2.75, 3.05) is 12.3 Å². The van der Waals surface area contributed by atoms with E-state index in [2.05, 4.69) is 15.3 Å². The van der Waals surface area contributed by atoms with E-state index in [4.69, 9.17) is 10.5 Å². The van der Waals surface area contributed by atoms with Crippen LogP contribution < -0.4 is 16.6 Å². The highest BCUT2D eigenvalue weighted by Gasteiger charge is 2.44. The summed E-state index contributed by atoms with van der Waals surface area (Å²) in [7, 11) is 0. The van der Waals surface area contributed by atoms with Gasteiger partial charge in [-0.25, -0.2) is 0 Å². The van der Waals surface area contributed by atoms with Gasteiger partial charge >= 0.3 is 0 Å². The first kappa shape index (κ1) is 20.0. The van der Waals surface area contributed by atoms with Crippen molar-refractivity contribution in [3.8, 4) is 0 Å². The number of hydrogen-bond donors (Lipinski definition) is 8. The van der Waals surface area contributed by atoms with Crippen LogP contribution in [-0.2, 0) is 11.3 Å². The zero-order chi connectivity index (χ0) is 20.9. The first-order chi connectivity index (χ1) is 13.8. The van der Waals surface area contributed by atoms with E-state index in [0.717, 1.165) is 0 Å². The molecule has 1 saturated heterocycles. The summed E-state index contributed by atoms with van der Waals surface area (Å²) in [5.41, 5.74) is 5.78. The van der Waals surface area contributed by atoms with Crippen LogP contribution in [0.15, 0.2) is 23.1 Å². The van der Waals surface area contributed by atoms with Gasteiger partial charge in [0.15, 0.2) is 11.9 Å². The predicted octanol–water partition coefficient (Wildman–Crippen LogP) is -3.33. The summed E-state index contributed by atoms with van der Waals surface area (Å²) >= 11 is 0. The molecule has 12 nitrogen and oxygen atoms in total. The van der Waals surface area contributed by atoms with Crippen molar-refractivity contribution in [2.24, 2.45) is 0 Å². The third-order valence-electron chi connectivity index (χ3n) is 5.33. The van der Waals surface area contributed by atoms with Gasteiger partial charge < -0.3 is 45.9 Å². The SMILES string of the molecule is Nc1nc2c(c(CNC3C=CC(O)C3O)cn2[C@@H]2O[C@H](CO)[C@H](O)[C@@H]2O)c(=O)[nH]1. The number of nitrogens with one attached hydrogen (secondary N) is 2. The van der Waals surface area contributed by atoms with Crippen molar-refractivity contribution in [3.05, 3.63) is 34.3 Å². The van der Waals surface area contributed by atoms with Crippen LogP contribution in [0.4, 0.5) is 5.95 Å². The Morgan fingerprint density at radius 2 is 1.97 bits per heavy atom. The molecule has 7 atom stereocenters. The van der Waals surface area contributed by atoms with Crippen LogP contribution in [-0.4, -0.2) is 83.2 Å². The summed E-state index contributed by atoms with van der Waals surface area (Å²) in [5, 5.41) is 52.5. The number of aliphatic hydroxyl groups excluding tert-OH is 5. The number of aromatic amines is 1. The van der Waals surface area contributed by atoms with E-state index in [-0.39, 0.29) is 23.5 Å². The number of hydrogen-bond acceptors (Lipinski definition) is 10. The van der Waals surface area contributed by atoms with Gasteiger partial charge in [0.2, 0.25) is 5.95 Å². The molecule has 2 aromatic heterocycles. The fourth-order valence-corrected chi connectivity index (χ4v) is 3.78. The van der Waals surface area contributed by atoms with Crippen LogP contribution >= 0.6 is 0 Å². The number of aromatic nitrogens is 3. The molecule has 0 spiro atoms. The maximum Gasteiger partial charge on any atom is 0.262 e. The molecule has 29 heavy (non-hydrogen) atoms. The maximum atomic E-state index is 12.5. The molecular formula is C17H23N5O7. The number of H-pyrrole nitrogens is 1. The van der Waals surface area contributed by atoms with Gasteiger partial charge in [0.1, 0.15) is 24.4 Å². The molecule has 3 unspecified atom stereocenters. The molecule has 0 radical (unpaired) electrons. The van der Waals surface area contributed by atoms with Gasteiger partial charge in [-0.1, -0.05) is 12.2 Å². The molecule has 158 valence electrons. The lowest BCUT2D eigenvalue weighted by molar-refractivity contribution is -0.0509. The van der Waals surface area contributed by atoms with Gasteiger partial charge in [-0.15, -0.1) is 0 Å². The highest BCUT2D eigenvalue weighted by atomic mass is 16.6. The van der Waals surface area contributed by atoms with Crippen molar-refractivity contribution < 1.29 is 30.3 Å². The van der Waals surface area contributed by atoms with Gasteiger partial charge in [0.05, 0.1) is 24.1 Å². The molecular weight excluding hydrogens is 386 g/mol. The fourth-order valence-electron chi connectivity index (χ4n) is 3.78. The first-order valence-corrected chi connectivity index (χ1v) is 9.11. The van der Waals surface area contributed by atoms with E-state index in [0.29, 0.717) is 5.56 Å². The zero-order valence-corrected chi connectivity index (χ0v) is 15.2. The van der Waals surface area contributed by atoms with Gasteiger partial charge in [-0.3, -0.25) is 9.78 Å². The second kappa shape index (κ2) is 7.50. The second-order valence-electron chi connectivity index (χ2n) is 7.21. The molecule has 3 heterocycles. The molecule has 2 aromatic rings. The lowest BCUT2D eigenvalue weighted by atomic mass is 10.1. The number of ether oxygens (including phenoxy) is 1. The van der Waals surface area contributed by atoms with Crippen LogP contribution in [0.3, 0.4) is 0 Å². The van der Waals surface area contributed by atoms with Crippen LogP contribution in [0.2, 0.25) is 0 Å². The minimum Gasteiger partial charge on any atom is -0.394 e. The Morgan fingerprint density at radius 1 is 1.21 bits per heavy atom. The molecule has 12 heteroatoms. The average molecular weight is 409 g/mol. The maximum absolute atomic E-state index is 12.5. The van der Waals surface area contributed by atoms with Gasteiger partial charge in [0, 0.05) is 12.7 Å². The largest absolute Gasteiger partial charge is 0.394 e. The summed E-state index contributed by atoms with van der Waals surface area (Å²) in [6.45, 7) is -0.363. The smallest absolute Gasteiger partial charge is 0.262 e. The van der Waals surface area contributed by atoms with Gasteiger partial charge in [0.25, 0.3) is 5.56 Å². The van der Waals surface area contributed by atoms with Crippen LogP contribution in [0.5, 0.6) is 0 Å². The Kier molecular flexibility index (Phi) is 5.16. The van der Waals surface area contributed by atoms with Crippen molar-refractivity contribution in [2.45, 2.75) is 49.3 Å². The third kappa shape index (κ3) is 3.34. The molecule has 1 aliphatic heterocycles. The normalized spacial score (nSPS) is 34.4. The molecule has 1 aliphatic carbocycles. The number of nitrogen functional groups attached to an aromatic ring is 1. The topological polar surface area (TPSA) is 199 Å². The minimum absolute atomic E-state index is 0.131. The molecule has 0 saturated carbocycles. The van der Waals surface area contributed by atoms with Crippen molar-refractivity contribution >= 4 is 17.0 Å². The Labute approximate surface area is 163 Å². The quantitative estimate of drug-likeness (QED) is 0.231. The monoisotopic (exact) mass is 409 g/mol. The molecule has 9 N–H and O–H groups in total. The van der Waals surface area contributed by atoms with Crippen LogP contribution in [0.1, 0.15) is 11.8 Å². The van der Waals surface area contributed by atoms with Crippen molar-refractivity contribution in [1.29, 1.82) is 0 Å². The number of anilines is 1. The van der Waals surface area contributed by atoms with E-state index in [1.165, 1.54) is 16.8 Å². The van der Waals surface area contributed by atoms with Crippen molar-refractivity contribution in [3.63, 3.8) is 0 Å². The number of nitrogens with two attached hydrogens (primary N) is 1. The lowest BCUT2D eigenvalue weighted by Crippen LogP contribution is -2.40. The summed E-state index contributed by atoms with van der Waals surface area (Å²) in [6.07, 6.45) is -2.13. The molecule has 0 bridgehead atoms. The first-order valence-electron chi connectivity index (χ1n) is 9.11. The van der Waals surface area contributed by atoms with Crippen molar-refractivity contribution in [1.82, 2.24) is 19.9 Å². The Morgan fingerprint density at radius 3 is 2.59 bits per heavy atom. The lowest BCUT2D eigenvalue weighted by Gasteiger charge is -2.18. The summed E-state index contributed by atoms with van der Waals surface area (Å²) in [5.74, 6) is -0.134. The van der Waals surface area contributed by atoms with E-state index in [9.17, 15) is 30.3 Å². The molecule has 0 amide bonds. The predicted molar refractivity (Wildman–Crippen MR) is 99.6 cm³/mol. The summed E-state index contributed by atoms with van der Waals surface area (Å²) < 4.78 is 6.93. The van der Waals surface area contributed by atoms with E-state index < -0.39 is 55.0 Å². The van der Waals surface area contributed by atoms with E-state index in [1.54, 1.807) is 6.08 Å². The fraction of sp³-hybridized carbons (Fsp3) is 0.529. The number of rotatable bonds is 5. The van der Waals surface area contributed by atoms with E-state index >= 15 is 0 Å². The highest BCUT2D eigenvalue weighted by molar-refractivity contribution is 5.80. The van der Waals surface area contributed by atoms with E-state index in [1.807, 2.05) is 0 Å². The molecule has 2 aliphatic rings. The second-order valence-corrected chi connectivity index (χ2v) is 7.21. The Hall–Kier alpha value is -2.32. The minimum atomic E-state index is -1.36. The number of fused-ring (bicyclic) bond motifs is 1. The molecule has 0 aromatic carbocycles. The Balaban J connectivity index is 1.71. The van der Waals surface area contributed by atoms with Gasteiger partial charge in [-0.2, -0.15) is 4.98 Å². The average Bonchev–Trinajstić information content (AvgIpc) is 3.29. The zero-order valence-electron chi connectivity index (χ0n) is 15.2. The van der Waals surface area contributed by atoms with Crippen LogP contribution in [0, 0.1) is 0 Å². The standard InChI is InChI=1S/C17H23N5O7/c18-17-20-14-10(15(28)21-17)6(3-19-7-1-2-8(24)11(7)25)4-22(14)16-13(27)12(26)9(5-23)29-16/h1-2,4,7-9,11-13,16,19,23-27H,3,5H2,(H3,18,20,21,28)/t7?,8?,9-,11?,12+,13+,16-/m1/s1. The summed E-state index contributed by atoms with van der Waals surface area (Å²) in [4.78, 5) is 19.1. The van der Waals surface area contributed by atoms with Gasteiger partial charge in [-0.05, 0) is 5.56 Å². The molecule has 4 rings (SSSR count). The Bertz CT molecular complexity index is 988. The highest BCUT2D eigenvalue weighted by Crippen LogP contribution is 2.32. The van der Waals surface area contributed by atoms with Crippen LogP contribution in [0.25, 0.3) is 11.0 Å². The number of aliphatic hydroxyl groups is 5. The molecule has 1 fully saturated rings. The summed E-state index contributed by atoms with van der Waals surface area (Å²) in [6, 6.07) is -0.516.